The topological polar surface area (TPSA) is 86.7 Å². The molecule has 0 amide bonds. The molecule has 0 spiro atoms. The molecule has 0 aromatic carbocycles. The predicted molar refractivity (Wildman–Crippen MR) is 66.7 cm³/mol. The van der Waals surface area contributed by atoms with Gasteiger partial charge in [-0.1, -0.05) is 25.7 Å². The molecule has 1 fully saturated rings. The Bertz CT molecular complexity index is 406. The third-order valence-corrected chi connectivity index (χ3v) is 3.91. The summed E-state index contributed by atoms with van der Waals surface area (Å²) >= 11 is 0. The molecule has 0 atom stereocenters. The highest BCUT2D eigenvalue weighted by Crippen LogP contribution is 2.35. The summed E-state index contributed by atoms with van der Waals surface area (Å²) in [4.78, 5) is 13.9. The zero-order chi connectivity index (χ0) is 13.0. The van der Waals surface area contributed by atoms with E-state index in [1.165, 1.54) is 17.6 Å². The molecule has 100 valence electrons. The van der Waals surface area contributed by atoms with Crippen molar-refractivity contribution in [3.63, 3.8) is 0 Å². The number of aryl methyl sites for hydroxylation is 1. The average Bonchev–Trinajstić information content (AvgIpc) is 2.65. The number of nitrogens with two attached hydrogens (primary N) is 1. The van der Waals surface area contributed by atoms with E-state index < -0.39 is 0 Å². The van der Waals surface area contributed by atoms with E-state index in [4.69, 9.17) is 5.73 Å². The van der Waals surface area contributed by atoms with Crippen LogP contribution >= 0.6 is 0 Å². The first kappa shape index (κ1) is 13.1. The van der Waals surface area contributed by atoms with Gasteiger partial charge in [-0.2, -0.15) is 4.80 Å². The van der Waals surface area contributed by atoms with Crippen molar-refractivity contribution in [2.75, 3.05) is 6.54 Å². The Morgan fingerprint density at radius 3 is 2.50 bits per heavy atom. The number of tetrazole rings is 1. The van der Waals surface area contributed by atoms with Crippen molar-refractivity contribution in [1.82, 2.24) is 20.2 Å². The van der Waals surface area contributed by atoms with E-state index in [0.717, 1.165) is 25.7 Å². The maximum Gasteiger partial charge on any atom is 0.182 e. The smallest absolute Gasteiger partial charge is 0.182 e. The molecule has 0 aliphatic heterocycles. The van der Waals surface area contributed by atoms with Gasteiger partial charge in [0.25, 0.3) is 0 Å². The predicted octanol–water partition coefficient (Wildman–Crippen LogP) is 0.621. The number of rotatable bonds is 4. The molecule has 2 N–H and O–H groups in total. The van der Waals surface area contributed by atoms with Gasteiger partial charge >= 0.3 is 0 Å². The van der Waals surface area contributed by atoms with Crippen LogP contribution in [-0.4, -0.2) is 32.5 Å². The minimum absolute atomic E-state index is 0.180. The lowest BCUT2D eigenvalue weighted by molar-refractivity contribution is -0.128. The van der Waals surface area contributed by atoms with E-state index in [1.807, 2.05) is 0 Å². The minimum atomic E-state index is -0.351. The molecule has 1 aliphatic rings. The summed E-state index contributed by atoms with van der Waals surface area (Å²) in [5.74, 6) is 0.680. The van der Waals surface area contributed by atoms with Gasteiger partial charge in [-0.3, -0.25) is 4.79 Å². The number of hydrogen-bond acceptors (Lipinski definition) is 5. The standard InChI is InChI=1S/C12H21N5O/c1-17-15-11(14-16-17)8-10(18)12(9-13)6-4-2-3-5-7-12/h2-9,13H2,1H3. The van der Waals surface area contributed by atoms with Gasteiger partial charge in [-0.05, 0) is 18.1 Å². The van der Waals surface area contributed by atoms with Gasteiger partial charge in [0.2, 0.25) is 0 Å². The van der Waals surface area contributed by atoms with Crippen molar-refractivity contribution in [1.29, 1.82) is 0 Å². The van der Waals surface area contributed by atoms with E-state index in [9.17, 15) is 4.79 Å². The van der Waals surface area contributed by atoms with Crippen molar-refractivity contribution >= 4 is 5.78 Å². The van der Waals surface area contributed by atoms with Crippen LogP contribution in [0, 0.1) is 5.41 Å². The van der Waals surface area contributed by atoms with Crippen LogP contribution in [0.4, 0.5) is 0 Å². The molecule has 1 saturated carbocycles. The summed E-state index contributed by atoms with van der Waals surface area (Å²) in [5.41, 5.74) is 5.53. The first-order chi connectivity index (χ1) is 8.66. The number of nitrogens with zero attached hydrogens (tertiary/aromatic N) is 4. The summed E-state index contributed by atoms with van der Waals surface area (Å²) in [6, 6.07) is 0. The van der Waals surface area contributed by atoms with E-state index >= 15 is 0 Å². The van der Waals surface area contributed by atoms with Crippen LogP contribution in [0.3, 0.4) is 0 Å². The maximum absolute atomic E-state index is 12.5. The van der Waals surface area contributed by atoms with Crippen LogP contribution in [-0.2, 0) is 18.3 Å². The first-order valence-corrected chi connectivity index (χ1v) is 6.62. The molecule has 6 heteroatoms. The third kappa shape index (κ3) is 2.75. The third-order valence-electron chi connectivity index (χ3n) is 3.91. The van der Waals surface area contributed by atoms with Gasteiger partial charge in [0.1, 0.15) is 5.78 Å². The molecule has 0 radical (unpaired) electrons. The molecule has 1 heterocycles. The van der Waals surface area contributed by atoms with Gasteiger partial charge in [0, 0.05) is 12.0 Å². The van der Waals surface area contributed by atoms with Gasteiger partial charge in [0.15, 0.2) is 5.82 Å². The Balaban J connectivity index is 2.08. The number of aromatic nitrogens is 4. The van der Waals surface area contributed by atoms with Crippen LogP contribution < -0.4 is 5.73 Å². The quantitative estimate of drug-likeness (QED) is 0.793. The monoisotopic (exact) mass is 251 g/mol. The van der Waals surface area contributed by atoms with E-state index in [-0.39, 0.29) is 17.6 Å². The molecule has 0 saturated heterocycles. The number of carbonyl (C=O) groups is 1. The number of hydrogen-bond donors (Lipinski definition) is 1. The molecule has 18 heavy (non-hydrogen) atoms. The molecular formula is C12H21N5O. The molecule has 1 aliphatic carbocycles. The zero-order valence-electron chi connectivity index (χ0n) is 10.9. The lowest BCUT2D eigenvalue weighted by Crippen LogP contribution is -2.39. The Hall–Kier alpha value is -1.30. The second-order valence-corrected chi connectivity index (χ2v) is 5.19. The number of ketones is 1. The lowest BCUT2D eigenvalue weighted by atomic mass is 9.75. The molecule has 1 aromatic rings. The summed E-state index contributed by atoms with van der Waals surface area (Å²) in [6.45, 7) is 0.437. The second kappa shape index (κ2) is 5.56. The normalized spacial score (nSPS) is 19.4. The molecule has 0 unspecified atom stereocenters. The van der Waals surface area contributed by atoms with Crippen molar-refractivity contribution < 1.29 is 4.79 Å². The minimum Gasteiger partial charge on any atom is -0.329 e. The molecule has 0 bridgehead atoms. The summed E-state index contributed by atoms with van der Waals surface area (Å²) in [6.07, 6.45) is 6.67. The van der Waals surface area contributed by atoms with Crippen molar-refractivity contribution in [3.05, 3.63) is 5.82 Å². The summed E-state index contributed by atoms with van der Waals surface area (Å²) in [7, 11) is 1.70. The second-order valence-electron chi connectivity index (χ2n) is 5.19. The van der Waals surface area contributed by atoms with Crippen LogP contribution in [0.25, 0.3) is 0 Å². The van der Waals surface area contributed by atoms with Crippen molar-refractivity contribution in [3.8, 4) is 0 Å². The van der Waals surface area contributed by atoms with Crippen LogP contribution in [0.2, 0.25) is 0 Å². The highest BCUT2D eigenvalue weighted by atomic mass is 16.1. The summed E-state index contributed by atoms with van der Waals surface area (Å²) in [5, 5.41) is 11.7. The average molecular weight is 251 g/mol. The van der Waals surface area contributed by atoms with Crippen LogP contribution in [0.15, 0.2) is 0 Å². The Kier molecular flexibility index (Phi) is 4.06. The van der Waals surface area contributed by atoms with Gasteiger partial charge in [-0.25, -0.2) is 0 Å². The molecule has 1 aromatic heterocycles. The Labute approximate surface area is 107 Å². The van der Waals surface area contributed by atoms with Gasteiger partial charge in [0.05, 0.1) is 13.5 Å². The fraction of sp³-hybridized carbons (Fsp3) is 0.833. The van der Waals surface area contributed by atoms with E-state index in [2.05, 4.69) is 15.4 Å². The van der Waals surface area contributed by atoms with Gasteiger partial charge in [-0.15, -0.1) is 10.2 Å². The Morgan fingerprint density at radius 2 is 2.00 bits per heavy atom. The van der Waals surface area contributed by atoms with E-state index in [1.54, 1.807) is 7.05 Å². The number of Topliss-reactive ketones (excluding diaryl/α,β-unsaturated/α-hetero) is 1. The molecular weight excluding hydrogens is 230 g/mol. The zero-order valence-corrected chi connectivity index (χ0v) is 10.9. The maximum atomic E-state index is 12.5. The SMILES string of the molecule is Cn1nnc(CC(=O)C2(CN)CCCCCC2)n1. The van der Waals surface area contributed by atoms with E-state index in [0.29, 0.717) is 12.4 Å². The highest BCUT2D eigenvalue weighted by Gasteiger charge is 2.37. The Morgan fingerprint density at radius 1 is 1.33 bits per heavy atom. The highest BCUT2D eigenvalue weighted by molar-refractivity contribution is 5.86. The van der Waals surface area contributed by atoms with Crippen molar-refractivity contribution in [2.45, 2.75) is 44.9 Å². The number of carbonyl (C=O) groups excluding carboxylic acids is 1. The van der Waals surface area contributed by atoms with Crippen LogP contribution in [0.5, 0.6) is 0 Å². The fourth-order valence-electron chi connectivity index (χ4n) is 2.73. The molecule has 6 nitrogen and oxygen atoms in total. The molecule has 2 rings (SSSR count). The fourth-order valence-corrected chi connectivity index (χ4v) is 2.73. The largest absolute Gasteiger partial charge is 0.329 e. The van der Waals surface area contributed by atoms with Crippen LogP contribution in [0.1, 0.15) is 44.3 Å². The van der Waals surface area contributed by atoms with Crippen molar-refractivity contribution in [2.24, 2.45) is 18.2 Å². The lowest BCUT2D eigenvalue weighted by Gasteiger charge is -2.29. The first-order valence-electron chi connectivity index (χ1n) is 6.62. The summed E-state index contributed by atoms with van der Waals surface area (Å²) < 4.78 is 0. The van der Waals surface area contributed by atoms with Gasteiger partial charge < -0.3 is 5.73 Å².